The van der Waals surface area contributed by atoms with Crippen LogP contribution in [0.1, 0.15) is 131 Å². The number of anilines is 3. The summed E-state index contributed by atoms with van der Waals surface area (Å²) in [7, 11) is 1.63. The number of piperazine rings is 1. The third-order valence-electron chi connectivity index (χ3n) is 21.1. The van der Waals surface area contributed by atoms with E-state index in [1.165, 1.54) is 46.1 Å². The minimum absolute atomic E-state index is 0.0975. The quantitative estimate of drug-likeness (QED) is 0.0447. The molecule has 2 N–H and O–H groups in total. The van der Waals surface area contributed by atoms with Gasteiger partial charge >= 0.3 is 6.18 Å². The molecule has 606 valence electrons. The van der Waals surface area contributed by atoms with Gasteiger partial charge in [0.15, 0.2) is 34.5 Å². The Morgan fingerprint density at radius 3 is 1.55 bits per heavy atom. The van der Waals surface area contributed by atoms with E-state index in [9.17, 15) is 27.6 Å². The van der Waals surface area contributed by atoms with E-state index < -0.39 is 18.0 Å². The molecule has 12 aromatic rings. The highest BCUT2D eigenvalue weighted by molar-refractivity contribution is 7.10. The van der Waals surface area contributed by atoms with Crippen LogP contribution in [0.5, 0.6) is 46.0 Å². The van der Waals surface area contributed by atoms with E-state index in [1.54, 1.807) is 34.2 Å². The zero-order chi connectivity index (χ0) is 81.7. The maximum absolute atomic E-state index is 14.6. The highest BCUT2D eigenvalue weighted by atomic mass is 35.5. The zero-order valence-corrected chi connectivity index (χ0v) is 68.8. The number of fused-ring (bicyclic) bond motifs is 3. The number of carbonyl (C=O) groups is 3. The van der Waals surface area contributed by atoms with Crippen molar-refractivity contribution < 1.29 is 65.4 Å². The van der Waals surface area contributed by atoms with Crippen LogP contribution in [0.2, 0.25) is 5.02 Å². The molecule has 0 bridgehead atoms. The van der Waals surface area contributed by atoms with Crippen molar-refractivity contribution in [3.05, 3.63) is 301 Å². The average molecular weight is 1670 g/mol. The van der Waals surface area contributed by atoms with Crippen molar-refractivity contribution in [3.8, 4) is 46.0 Å². The lowest BCUT2D eigenvalue weighted by molar-refractivity contribution is -0.137. The van der Waals surface area contributed by atoms with Gasteiger partial charge in [-0.25, -0.2) is 15.0 Å². The van der Waals surface area contributed by atoms with Crippen molar-refractivity contribution in [2.24, 2.45) is 0 Å². The number of nitrogens with zero attached hydrogens (tertiary/aromatic N) is 8. The fourth-order valence-corrected chi connectivity index (χ4v) is 17.4. The molecule has 1 saturated heterocycles. The van der Waals surface area contributed by atoms with Crippen LogP contribution in [0.15, 0.2) is 186 Å². The van der Waals surface area contributed by atoms with Crippen LogP contribution in [-0.4, -0.2) is 99.1 Å². The summed E-state index contributed by atoms with van der Waals surface area (Å²) in [5, 5.41) is 14.1. The second-order valence-electron chi connectivity index (χ2n) is 29.8. The smallest absolute Gasteiger partial charge is 0.416 e. The van der Waals surface area contributed by atoms with Gasteiger partial charge in [0.2, 0.25) is 13.6 Å². The number of ether oxygens (including phenoxy) is 8. The van der Waals surface area contributed by atoms with Crippen LogP contribution in [0, 0.1) is 34.6 Å². The highest BCUT2D eigenvalue weighted by Crippen LogP contribution is 2.44. The van der Waals surface area contributed by atoms with E-state index in [2.05, 4.69) is 44.4 Å². The van der Waals surface area contributed by atoms with Gasteiger partial charge in [-0.1, -0.05) is 78.3 Å². The number of hydrogen-bond donors (Lipinski definition) is 2. The first-order chi connectivity index (χ1) is 57.1. The lowest BCUT2D eigenvalue weighted by atomic mass is 10.0. The SMILES string of the molecule is COc1cc(OCc2cc(C3Oc4ccc(CN(Cc5ccc(Cl)cc5)Cc5nc(C(=O)Nc6ccc(C)c(C)c6)cs5)cc4O3)cc(C)c2N2CCN(C(=O)c3csc(CN(Cc4cccc(C(F)(F)F)c4)Cc4ccc5c(c4)OCO5)n3)CC2)ccc1CN(Cc1ccc2c(c1)OCO2)Cc1nc(C(=O)Nc2ccc(C)c(C)c2)cs1. The van der Waals surface area contributed by atoms with Gasteiger partial charge in [0.25, 0.3) is 24.0 Å². The first-order valence-corrected chi connectivity index (χ1v) is 41.5. The number of amides is 3. The summed E-state index contributed by atoms with van der Waals surface area (Å²) in [4.78, 5) is 66.8. The number of carbonyl (C=O) groups excluding carboxylic acids is 3. The summed E-state index contributed by atoms with van der Waals surface area (Å²) in [5.74, 6) is 4.05. The van der Waals surface area contributed by atoms with Gasteiger partial charge in [0.1, 0.15) is 50.2 Å². The lowest BCUT2D eigenvalue weighted by Crippen LogP contribution is -2.49. The molecule has 7 heterocycles. The summed E-state index contributed by atoms with van der Waals surface area (Å²) in [6, 6.07) is 52.2. The molecule has 3 aromatic heterocycles. The number of rotatable bonds is 29. The molecule has 28 heteroatoms. The van der Waals surface area contributed by atoms with E-state index in [0.29, 0.717) is 156 Å². The fraction of sp³-hybridized carbons (Fsp3) is 0.267. The Hall–Kier alpha value is -11.6. The largest absolute Gasteiger partial charge is 0.496 e. The number of methoxy groups -OCH3 is 1. The third kappa shape index (κ3) is 19.3. The molecule has 1 atom stereocenters. The van der Waals surface area contributed by atoms with Gasteiger partial charge < -0.3 is 58.3 Å². The number of hydrogen-bond acceptors (Lipinski definition) is 21. The molecular weight excluding hydrogens is 1590 g/mol. The zero-order valence-electron chi connectivity index (χ0n) is 65.6. The molecule has 9 aromatic carbocycles. The fourth-order valence-electron chi connectivity index (χ4n) is 14.8. The molecule has 4 aliphatic heterocycles. The minimum Gasteiger partial charge on any atom is -0.496 e. The number of thiazole rings is 3. The monoisotopic (exact) mass is 1670 g/mol. The maximum atomic E-state index is 14.6. The van der Waals surface area contributed by atoms with E-state index in [1.807, 2.05) is 166 Å². The van der Waals surface area contributed by atoms with E-state index >= 15 is 0 Å². The van der Waals surface area contributed by atoms with E-state index in [-0.39, 0.29) is 56.7 Å². The first-order valence-electron chi connectivity index (χ1n) is 38.5. The highest BCUT2D eigenvalue weighted by Gasteiger charge is 2.34. The molecular formula is C90H84ClF3N10O11S3. The van der Waals surface area contributed by atoms with Crippen molar-refractivity contribution in [1.82, 2.24) is 34.6 Å². The van der Waals surface area contributed by atoms with E-state index in [4.69, 9.17) is 64.4 Å². The van der Waals surface area contributed by atoms with Crippen LogP contribution in [0.25, 0.3) is 0 Å². The maximum Gasteiger partial charge on any atom is 0.416 e. The Labute approximate surface area is 698 Å². The summed E-state index contributed by atoms with van der Waals surface area (Å²) in [6.45, 7) is 15.8. The number of halogens is 4. The van der Waals surface area contributed by atoms with Crippen molar-refractivity contribution in [2.45, 2.75) is 113 Å². The van der Waals surface area contributed by atoms with Gasteiger partial charge in [-0.05, 0) is 187 Å². The molecule has 0 spiro atoms. The molecule has 4 aliphatic rings. The van der Waals surface area contributed by atoms with Crippen LogP contribution < -0.4 is 53.4 Å². The second kappa shape index (κ2) is 35.3. The summed E-state index contributed by atoms with van der Waals surface area (Å²) >= 11 is 10.5. The Morgan fingerprint density at radius 2 is 0.992 bits per heavy atom. The van der Waals surface area contributed by atoms with Gasteiger partial charge in [-0.2, -0.15) is 13.2 Å². The Bertz CT molecular complexity index is 5720. The van der Waals surface area contributed by atoms with Gasteiger partial charge in [-0.3, -0.25) is 29.1 Å². The topological polar surface area (TPSA) is 204 Å². The molecule has 3 amide bonds. The van der Waals surface area contributed by atoms with Crippen molar-refractivity contribution in [2.75, 3.05) is 62.4 Å². The van der Waals surface area contributed by atoms with Gasteiger partial charge in [0.05, 0.1) is 32.3 Å². The second-order valence-corrected chi connectivity index (χ2v) is 33.0. The first kappa shape index (κ1) is 80.2. The Balaban J connectivity index is 0.641. The molecule has 21 nitrogen and oxygen atoms in total. The average Bonchev–Trinajstić information content (AvgIpc) is 1.37. The molecule has 1 fully saturated rings. The van der Waals surface area contributed by atoms with Crippen molar-refractivity contribution in [1.29, 1.82) is 0 Å². The van der Waals surface area contributed by atoms with Crippen molar-refractivity contribution in [3.63, 3.8) is 0 Å². The van der Waals surface area contributed by atoms with Crippen LogP contribution in [0.4, 0.5) is 30.2 Å². The Kier molecular flexibility index (Phi) is 24.0. The third-order valence-corrected chi connectivity index (χ3v) is 23.9. The van der Waals surface area contributed by atoms with Crippen LogP contribution >= 0.6 is 45.6 Å². The lowest BCUT2D eigenvalue weighted by Gasteiger charge is -2.37. The molecule has 1 unspecified atom stereocenters. The number of aromatic nitrogens is 3. The number of nitrogens with one attached hydrogen (secondary N) is 2. The molecule has 118 heavy (non-hydrogen) atoms. The van der Waals surface area contributed by atoms with Crippen molar-refractivity contribution >= 4 is 80.4 Å². The predicted molar refractivity (Wildman–Crippen MR) is 448 cm³/mol. The van der Waals surface area contributed by atoms with E-state index in [0.717, 1.165) is 88.5 Å². The normalized spacial score (nSPS) is 14.1. The molecule has 0 radical (unpaired) electrons. The number of aryl methyl sites for hydroxylation is 5. The predicted octanol–water partition coefficient (Wildman–Crippen LogP) is 18.9. The number of alkyl halides is 3. The molecule has 16 rings (SSSR count). The summed E-state index contributed by atoms with van der Waals surface area (Å²) in [6.07, 6.45) is -5.35. The molecule has 0 saturated carbocycles. The number of benzene rings is 9. The van der Waals surface area contributed by atoms with Gasteiger partial charge in [0, 0.05) is 126 Å². The van der Waals surface area contributed by atoms with Gasteiger partial charge in [-0.15, -0.1) is 34.0 Å². The molecule has 0 aliphatic carbocycles. The van der Waals surface area contributed by atoms with Crippen LogP contribution in [-0.2, 0) is 71.7 Å². The summed E-state index contributed by atoms with van der Waals surface area (Å²) < 4.78 is 91.1. The van der Waals surface area contributed by atoms with Crippen LogP contribution in [0.3, 0.4) is 0 Å². The minimum atomic E-state index is -4.51. The standard InChI is InChI=1S/C90H84ClF3N10O11S3/c1-54-10-20-69(31-56(54)3)95-86(105)72-49-116-82(97-72)45-100(39-59-12-18-68(91)19-13-59)42-63-16-25-77-81(36-63)115-89(114-77)65-30-58(5)85(103-26-28-104(29-27-103)88(107)74-51-118-84(99-74)46-101(40-60-8-7-9-67(33-60)90(92,93)94)41-61-14-23-75-79(34-61)112-52-110-75)66(37-65)48-109-71-22-17-64(78(38-71)108-6)44-102(43-62-15-24-76-80(35-62)113-53-111-76)47-83-98-73(50-117-83)87(106)96-70-21-11-55(2)57(4)32-70/h7-25,30-38,49-51,89H,26-29,39-48,52-53H2,1-6H3,(H,95,105)(H,96,106). The summed E-state index contributed by atoms with van der Waals surface area (Å²) in [5.41, 5.74) is 14.7. The Morgan fingerprint density at radius 1 is 0.492 bits per heavy atom.